The number of esters is 1. The Morgan fingerprint density at radius 2 is 2.05 bits per heavy atom. The molecule has 4 nitrogen and oxygen atoms in total. The van der Waals surface area contributed by atoms with Crippen molar-refractivity contribution in [3.05, 3.63) is 28.8 Å². The van der Waals surface area contributed by atoms with Gasteiger partial charge in [0, 0.05) is 5.56 Å². The molecule has 0 fully saturated rings. The van der Waals surface area contributed by atoms with E-state index in [9.17, 15) is 18.0 Å². The maximum absolute atomic E-state index is 12.9. The van der Waals surface area contributed by atoms with Crippen LogP contribution in [0.25, 0.3) is 0 Å². The Balaban J connectivity index is 3.41. The molecule has 0 radical (unpaired) electrons. The van der Waals surface area contributed by atoms with E-state index in [2.05, 4.69) is 4.74 Å². The molecular formula is C13H12F3NO3. The quantitative estimate of drug-likeness (QED) is 0.799. The van der Waals surface area contributed by atoms with Gasteiger partial charge in [0.05, 0.1) is 31.3 Å². The van der Waals surface area contributed by atoms with Crippen LogP contribution in [0.4, 0.5) is 13.2 Å². The molecule has 0 unspecified atom stereocenters. The minimum absolute atomic E-state index is 0.0560. The average Bonchev–Trinajstić information content (AvgIpc) is 2.36. The number of halogens is 3. The molecule has 0 aliphatic heterocycles. The number of nitriles is 1. The highest BCUT2D eigenvalue weighted by atomic mass is 19.4. The highest BCUT2D eigenvalue weighted by Crippen LogP contribution is 2.38. The van der Waals surface area contributed by atoms with Gasteiger partial charge in [-0.15, -0.1) is 0 Å². The molecule has 0 aromatic heterocycles. The van der Waals surface area contributed by atoms with E-state index in [1.54, 1.807) is 13.0 Å². The van der Waals surface area contributed by atoms with E-state index in [1.165, 1.54) is 0 Å². The summed E-state index contributed by atoms with van der Waals surface area (Å²) in [5, 5.41) is 8.88. The highest BCUT2D eigenvalue weighted by molar-refractivity contribution is 5.75. The zero-order chi connectivity index (χ0) is 15.3. The van der Waals surface area contributed by atoms with Gasteiger partial charge < -0.3 is 9.47 Å². The van der Waals surface area contributed by atoms with Crippen molar-refractivity contribution in [2.75, 3.05) is 13.7 Å². The fourth-order valence-corrected chi connectivity index (χ4v) is 1.75. The van der Waals surface area contributed by atoms with E-state index in [1.807, 2.05) is 0 Å². The number of rotatable bonds is 4. The monoisotopic (exact) mass is 287 g/mol. The van der Waals surface area contributed by atoms with Gasteiger partial charge in [0.25, 0.3) is 0 Å². The van der Waals surface area contributed by atoms with E-state index in [0.717, 1.165) is 19.2 Å². The molecule has 1 rings (SSSR count). The van der Waals surface area contributed by atoms with Crippen molar-refractivity contribution in [3.63, 3.8) is 0 Å². The first-order chi connectivity index (χ1) is 9.35. The number of hydrogen-bond donors (Lipinski definition) is 0. The van der Waals surface area contributed by atoms with Crippen LogP contribution in [0.5, 0.6) is 5.75 Å². The summed E-state index contributed by atoms with van der Waals surface area (Å²) >= 11 is 0. The van der Waals surface area contributed by atoms with Crippen LogP contribution in [0.3, 0.4) is 0 Å². The van der Waals surface area contributed by atoms with E-state index in [4.69, 9.17) is 10.00 Å². The lowest BCUT2D eigenvalue weighted by Gasteiger charge is -2.16. The number of hydrogen-bond acceptors (Lipinski definition) is 4. The smallest absolute Gasteiger partial charge is 0.416 e. The molecule has 7 heteroatoms. The van der Waals surface area contributed by atoms with Crippen LogP contribution in [0.2, 0.25) is 0 Å². The lowest BCUT2D eigenvalue weighted by molar-refractivity contribution is -0.143. The van der Waals surface area contributed by atoms with Crippen molar-refractivity contribution in [2.45, 2.75) is 19.5 Å². The first-order valence-corrected chi connectivity index (χ1v) is 5.67. The molecule has 0 aliphatic rings. The first kappa shape index (κ1) is 15.8. The molecule has 0 heterocycles. The Kier molecular flexibility index (Phi) is 4.97. The molecule has 20 heavy (non-hydrogen) atoms. The topological polar surface area (TPSA) is 59.3 Å². The molecule has 108 valence electrons. The van der Waals surface area contributed by atoms with Crippen molar-refractivity contribution in [2.24, 2.45) is 0 Å². The zero-order valence-corrected chi connectivity index (χ0v) is 10.9. The fraction of sp³-hybridized carbons (Fsp3) is 0.385. The first-order valence-electron chi connectivity index (χ1n) is 5.67. The summed E-state index contributed by atoms with van der Waals surface area (Å²) < 4.78 is 48.3. The second kappa shape index (κ2) is 6.28. The van der Waals surface area contributed by atoms with Crippen LogP contribution >= 0.6 is 0 Å². The number of alkyl halides is 3. The van der Waals surface area contributed by atoms with Crippen molar-refractivity contribution in [1.29, 1.82) is 5.26 Å². The number of ether oxygens (including phenoxy) is 2. The largest absolute Gasteiger partial charge is 0.495 e. The van der Waals surface area contributed by atoms with Crippen LogP contribution in [-0.4, -0.2) is 19.7 Å². The van der Waals surface area contributed by atoms with Crippen LogP contribution in [0, 0.1) is 11.3 Å². The number of carbonyl (C=O) groups is 1. The number of methoxy groups -OCH3 is 1. The number of carbonyl (C=O) groups excluding carboxylic acids is 1. The van der Waals surface area contributed by atoms with Crippen LogP contribution < -0.4 is 4.74 Å². The van der Waals surface area contributed by atoms with Crippen LogP contribution in [-0.2, 0) is 22.1 Å². The predicted octanol–water partition coefficient (Wildman–Crippen LogP) is 2.69. The second-order valence-corrected chi connectivity index (χ2v) is 3.76. The summed E-state index contributed by atoms with van der Waals surface area (Å²) in [5.74, 6) is -1.07. The van der Waals surface area contributed by atoms with E-state index in [-0.39, 0.29) is 17.9 Å². The molecule has 0 atom stereocenters. The molecule has 1 aromatic rings. The standard InChI is InChI=1S/C13H12F3NO3/c1-3-20-11(18)6-9-10(13(14,15)16)5-4-8(7-17)12(9)19-2/h4-5H,3,6H2,1-2H3. The van der Waals surface area contributed by atoms with Gasteiger partial charge in [0.1, 0.15) is 11.8 Å². The van der Waals surface area contributed by atoms with Gasteiger partial charge >= 0.3 is 12.1 Å². The Labute approximate surface area is 113 Å². The fourth-order valence-electron chi connectivity index (χ4n) is 1.75. The van der Waals surface area contributed by atoms with Crippen molar-refractivity contribution in [1.82, 2.24) is 0 Å². The third-order valence-electron chi connectivity index (χ3n) is 2.52. The summed E-state index contributed by atoms with van der Waals surface area (Å²) in [6.45, 7) is 1.60. The second-order valence-electron chi connectivity index (χ2n) is 3.76. The summed E-state index contributed by atoms with van der Waals surface area (Å²) in [5.41, 5.74) is -1.47. The third-order valence-corrected chi connectivity index (χ3v) is 2.52. The SMILES string of the molecule is CCOC(=O)Cc1c(C(F)(F)F)ccc(C#N)c1OC. The van der Waals surface area contributed by atoms with Gasteiger partial charge in [-0.2, -0.15) is 18.4 Å². The van der Waals surface area contributed by atoms with Crippen molar-refractivity contribution in [3.8, 4) is 11.8 Å². The van der Waals surface area contributed by atoms with Gasteiger partial charge in [-0.05, 0) is 19.1 Å². The van der Waals surface area contributed by atoms with Crippen molar-refractivity contribution >= 4 is 5.97 Å². The van der Waals surface area contributed by atoms with Crippen LogP contribution in [0.1, 0.15) is 23.6 Å². The molecule has 0 saturated carbocycles. The maximum atomic E-state index is 12.9. The summed E-state index contributed by atoms with van der Waals surface area (Å²) in [6.07, 6.45) is -5.26. The average molecular weight is 287 g/mol. The normalized spacial score (nSPS) is 10.8. The minimum atomic E-state index is -4.65. The van der Waals surface area contributed by atoms with E-state index >= 15 is 0 Å². The Hall–Kier alpha value is -2.23. The summed E-state index contributed by atoms with van der Waals surface area (Å²) in [7, 11) is 1.14. The van der Waals surface area contributed by atoms with Gasteiger partial charge in [-0.1, -0.05) is 0 Å². The third kappa shape index (κ3) is 3.41. The summed E-state index contributed by atoms with van der Waals surface area (Å²) in [6, 6.07) is 3.50. The Morgan fingerprint density at radius 3 is 2.50 bits per heavy atom. The molecule has 0 spiro atoms. The molecule has 1 aromatic carbocycles. The molecule has 0 amide bonds. The van der Waals surface area contributed by atoms with Crippen molar-refractivity contribution < 1.29 is 27.4 Å². The molecule has 0 saturated heterocycles. The van der Waals surface area contributed by atoms with Gasteiger partial charge in [0.15, 0.2) is 0 Å². The minimum Gasteiger partial charge on any atom is -0.495 e. The summed E-state index contributed by atoms with van der Waals surface area (Å²) in [4.78, 5) is 11.4. The maximum Gasteiger partial charge on any atom is 0.416 e. The van der Waals surface area contributed by atoms with Gasteiger partial charge in [-0.3, -0.25) is 4.79 Å². The van der Waals surface area contributed by atoms with E-state index < -0.39 is 29.7 Å². The Morgan fingerprint density at radius 1 is 1.40 bits per heavy atom. The Bertz CT molecular complexity index is 547. The number of benzene rings is 1. The molecular weight excluding hydrogens is 275 g/mol. The van der Waals surface area contributed by atoms with Gasteiger partial charge in [0.2, 0.25) is 0 Å². The highest BCUT2D eigenvalue weighted by Gasteiger charge is 2.36. The lowest BCUT2D eigenvalue weighted by atomic mass is 9.99. The van der Waals surface area contributed by atoms with Gasteiger partial charge in [-0.25, -0.2) is 0 Å². The number of nitrogens with zero attached hydrogens (tertiary/aromatic N) is 1. The van der Waals surface area contributed by atoms with E-state index in [0.29, 0.717) is 0 Å². The predicted molar refractivity (Wildman–Crippen MR) is 63.0 cm³/mol. The lowest BCUT2D eigenvalue weighted by Crippen LogP contribution is -2.16. The molecule has 0 bridgehead atoms. The molecule has 0 aliphatic carbocycles. The van der Waals surface area contributed by atoms with Crippen LogP contribution in [0.15, 0.2) is 12.1 Å². The zero-order valence-electron chi connectivity index (χ0n) is 10.9. The molecule has 0 N–H and O–H groups in total.